The van der Waals surface area contributed by atoms with E-state index in [1.807, 2.05) is 0 Å². The molecule has 1 N–H and O–H groups in total. The van der Waals surface area contributed by atoms with E-state index in [4.69, 9.17) is 0 Å². The van der Waals surface area contributed by atoms with Crippen LogP contribution in [0.3, 0.4) is 0 Å². The van der Waals surface area contributed by atoms with Gasteiger partial charge >= 0.3 is 0 Å². The van der Waals surface area contributed by atoms with Crippen molar-refractivity contribution in [2.45, 2.75) is 39.2 Å². The largest absolute Gasteiger partial charge is 0.314 e. The van der Waals surface area contributed by atoms with Crippen LogP contribution in [0.4, 0.5) is 5.69 Å². The fraction of sp³-hybridized carbons (Fsp3) is 0.583. The van der Waals surface area contributed by atoms with Crippen LogP contribution in [0.2, 0.25) is 0 Å². The molecule has 1 rings (SSSR count). The summed E-state index contributed by atoms with van der Waals surface area (Å²) in [6.45, 7) is 5.10. The summed E-state index contributed by atoms with van der Waals surface area (Å²) >= 11 is 0. The third kappa shape index (κ3) is 4.11. The predicted octanol–water partition coefficient (Wildman–Crippen LogP) is 2.31. The van der Waals surface area contributed by atoms with E-state index in [1.165, 1.54) is 6.07 Å². The quantitative estimate of drug-likeness (QED) is 0.583. The Morgan fingerprint density at radius 1 is 1.53 bits per heavy atom. The van der Waals surface area contributed by atoms with Crippen LogP contribution in [0.1, 0.15) is 32.4 Å². The average molecular weight is 237 g/mol. The molecule has 0 aliphatic carbocycles. The molecule has 1 heterocycles. The highest BCUT2D eigenvalue weighted by atomic mass is 16.6. The highest BCUT2D eigenvalue weighted by molar-refractivity contribution is 5.34. The monoisotopic (exact) mass is 237 g/mol. The first-order chi connectivity index (χ1) is 8.19. The number of hydrogen-bond donors (Lipinski definition) is 1. The molecule has 0 saturated heterocycles. The Bertz CT molecular complexity index is 369. The fourth-order valence-electron chi connectivity index (χ4n) is 1.70. The van der Waals surface area contributed by atoms with Gasteiger partial charge in [-0.1, -0.05) is 13.8 Å². The zero-order valence-corrected chi connectivity index (χ0v) is 10.3. The SMILES string of the molecule is CCCNC(CC)Cc1ncccc1[N+](=O)[O-]. The second-order valence-electron chi connectivity index (χ2n) is 3.99. The molecular formula is C12H19N3O2. The first kappa shape index (κ1) is 13.6. The molecule has 0 aromatic carbocycles. The molecule has 0 spiro atoms. The summed E-state index contributed by atoms with van der Waals surface area (Å²) < 4.78 is 0. The smallest absolute Gasteiger partial charge is 0.290 e. The highest BCUT2D eigenvalue weighted by Crippen LogP contribution is 2.17. The fourth-order valence-corrected chi connectivity index (χ4v) is 1.70. The summed E-state index contributed by atoms with van der Waals surface area (Å²) in [5, 5.41) is 14.2. The molecule has 0 aliphatic rings. The number of nitrogens with one attached hydrogen (secondary N) is 1. The van der Waals surface area contributed by atoms with Gasteiger partial charge in [0.2, 0.25) is 0 Å². The molecule has 0 saturated carbocycles. The number of nitrogens with zero attached hydrogens (tertiary/aromatic N) is 2. The van der Waals surface area contributed by atoms with E-state index in [1.54, 1.807) is 12.3 Å². The van der Waals surface area contributed by atoms with Crippen LogP contribution < -0.4 is 5.32 Å². The van der Waals surface area contributed by atoms with Gasteiger partial charge in [-0.3, -0.25) is 15.1 Å². The minimum atomic E-state index is -0.366. The minimum Gasteiger partial charge on any atom is -0.314 e. The van der Waals surface area contributed by atoms with Crippen molar-refractivity contribution in [1.82, 2.24) is 10.3 Å². The van der Waals surface area contributed by atoms with E-state index < -0.39 is 0 Å². The van der Waals surface area contributed by atoms with E-state index in [-0.39, 0.29) is 16.7 Å². The third-order valence-corrected chi connectivity index (χ3v) is 2.68. The molecule has 5 nitrogen and oxygen atoms in total. The highest BCUT2D eigenvalue weighted by Gasteiger charge is 2.17. The van der Waals surface area contributed by atoms with E-state index in [0.29, 0.717) is 12.1 Å². The molecule has 0 bridgehead atoms. The maximum absolute atomic E-state index is 10.9. The average Bonchev–Trinajstić information content (AvgIpc) is 2.34. The summed E-state index contributed by atoms with van der Waals surface area (Å²) in [7, 11) is 0. The number of aromatic nitrogens is 1. The third-order valence-electron chi connectivity index (χ3n) is 2.68. The van der Waals surface area contributed by atoms with Crippen LogP contribution in [0.25, 0.3) is 0 Å². The molecule has 1 unspecified atom stereocenters. The molecule has 94 valence electrons. The number of pyridine rings is 1. The van der Waals surface area contributed by atoms with Crippen molar-refractivity contribution in [2.24, 2.45) is 0 Å². The van der Waals surface area contributed by atoms with Gasteiger partial charge in [0.25, 0.3) is 5.69 Å². The Morgan fingerprint density at radius 2 is 2.29 bits per heavy atom. The van der Waals surface area contributed by atoms with Crippen LogP contribution in [-0.4, -0.2) is 22.5 Å². The normalized spacial score (nSPS) is 12.4. The Balaban J connectivity index is 2.75. The first-order valence-corrected chi connectivity index (χ1v) is 6.00. The van der Waals surface area contributed by atoms with Crippen LogP contribution in [0.15, 0.2) is 18.3 Å². The summed E-state index contributed by atoms with van der Waals surface area (Å²) in [6, 6.07) is 3.36. The number of rotatable bonds is 7. The van der Waals surface area contributed by atoms with E-state index >= 15 is 0 Å². The van der Waals surface area contributed by atoms with Crippen molar-refractivity contribution < 1.29 is 4.92 Å². The Morgan fingerprint density at radius 3 is 2.88 bits per heavy atom. The van der Waals surface area contributed by atoms with Gasteiger partial charge in [0, 0.05) is 24.7 Å². The summed E-state index contributed by atoms with van der Waals surface area (Å²) in [6.07, 6.45) is 4.21. The lowest BCUT2D eigenvalue weighted by atomic mass is 10.1. The van der Waals surface area contributed by atoms with Crippen LogP contribution in [-0.2, 0) is 6.42 Å². The van der Waals surface area contributed by atoms with Gasteiger partial charge in [-0.2, -0.15) is 0 Å². The van der Waals surface area contributed by atoms with Crippen LogP contribution in [0.5, 0.6) is 0 Å². The van der Waals surface area contributed by atoms with Gasteiger partial charge in [0.15, 0.2) is 0 Å². The van der Waals surface area contributed by atoms with Gasteiger partial charge in [-0.05, 0) is 25.5 Å². The lowest BCUT2D eigenvalue weighted by Crippen LogP contribution is -2.31. The van der Waals surface area contributed by atoms with Gasteiger partial charge < -0.3 is 5.32 Å². The molecule has 1 aromatic rings. The summed E-state index contributed by atoms with van der Waals surface area (Å²) in [5.41, 5.74) is 0.678. The molecule has 0 amide bonds. The minimum absolute atomic E-state index is 0.115. The summed E-state index contributed by atoms with van der Waals surface area (Å²) in [4.78, 5) is 14.6. The van der Waals surface area contributed by atoms with Crippen molar-refractivity contribution in [3.8, 4) is 0 Å². The lowest BCUT2D eigenvalue weighted by molar-refractivity contribution is -0.386. The van der Waals surface area contributed by atoms with Crippen LogP contribution >= 0.6 is 0 Å². The zero-order chi connectivity index (χ0) is 12.7. The molecule has 1 atom stereocenters. The van der Waals surface area contributed by atoms with Gasteiger partial charge in [0.1, 0.15) is 5.69 Å². The number of nitro groups is 1. The molecule has 1 aromatic heterocycles. The molecule has 5 heteroatoms. The molecule has 0 aliphatic heterocycles. The Kier molecular flexibility index (Phi) is 5.56. The van der Waals surface area contributed by atoms with Crippen molar-refractivity contribution in [3.05, 3.63) is 34.1 Å². The van der Waals surface area contributed by atoms with Gasteiger partial charge in [-0.25, -0.2) is 0 Å². The second-order valence-corrected chi connectivity index (χ2v) is 3.99. The molecule has 17 heavy (non-hydrogen) atoms. The maximum atomic E-state index is 10.9. The first-order valence-electron chi connectivity index (χ1n) is 6.00. The van der Waals surface area contributed by atoms with E-state index in [2.05, 4.69) is 24.1 Å². The second kappa shape index (κ2) is 6.96. The summed E-state index contributed by atoms with van der Waals surface area (Å²) in [5.74, 6) is 0. The van der Waals surface area contributed by atoms with Gasteiger partial charge in [0.05, 0.1) is 4.92 Å². The lowest BCUT2D eigenvalue weighted by Gasteiger charge is -2.15. The standard InChI is InChI=1S/C12H19N3O2/c1-3-7-13-10(4-2)9-11-12(15(16)17)6-5-8-14-11/h5-6,8,10,13H,3-4,7,9H2,1-2H3. The van der Waals surface area contributed by atoms with Crippen molar-refractivity contribution in [2.75, 3.05) is 6.54 Å². The Hall–Kier alpha value is -1.49. The molecular weight excluding hydrogens is 218 g/mol. The topological polar surface area (TPSA) is 68.1 Å². The maximum Gasteiger partial charge on any atom is 0.290 e. The van der Waals surface area contributed by atoms with E-state index in [9.17, 15) is 10.1 Å². The van der Waals surface area contributed by atoms with Crippen LogP contribution in [0, 0.1) is 10.1 Å². The molecule has 0 radical (unpaired) electrons. The predicted molar refractivity (Wildman–Crippen MR) is 67.0 cm³/mol. The Labute approximate surface area is 101 Å². The van der Waals surface area contributed by atoms with Crippen molar-refractivity contribution >= 4 is 5.69 Å². The zero-order valence-electron chi connectivity index (χ0n) is 10.3. The van der Waals surface area contributed by atoms with Gasteiger partial charge in [-0.15, -0.1) is 0 Å². The van der Waals surface area contributed by atoms with Crippen molar-refractivity contribution in [1.29, 1.82) is 0 Å². The van der Waals surface area contributed by atoms with E-state index in [0.717, 1.165) is 19.4 Å². The number of hydrogen-bond acceptors (Lipinski definition) is 4. The molecule has 0 fully saturated rings. The van der Waals surface area contributed by atoms with Crippen molar-refractivity contribution in [3.63, 3.8) is 0 Å².